The third-order valence-electron chi connectivity index (χ3n) is 4.61. The van der Waals surface area contributed by atoms with E-state index < -0.39 is 11.5 Å². The molecule has 1 saturated heterocycles. The zero-order valence-electron chi connectivity index (χ0n) is 16.8. The Kier molecular flexibility index (Phi) is 8.64. The summed E-state index contributed by atoms with van der Waals surface area (Å²) in [6, 6.07) is 7.53. The Morgan fingerprint density at radius 3 is 2.30 bits per heavy atom. The number of nitrogens with two attached hydrogens (primary N) is 1. The molecule has 3 N–H and O–H groups in total. The summed E-state index contributed by atoms with van der Waals surface area (Å²) < 4.78 is 0. The van der Waals surface area contributed by atoms with Crippen molar-refractivity contribution in [1.29, 1.82) is 0 Å². The lowest BCUT2D eigenvalue weighted by atomic mass is 9.94. The zero-order chi connectivity index (χ0) is 19.5. The fourth-order valence-corrected chi connectivity index (χ4v) is 4.02. The van der Waals surface area contributed by atoms with E-state index in [0.29, 0.717) is 24.1 Å². The molecular weight excluding hydrogens is 382 g/mol. The van der Waals surface area contributed by atoms with Crippen LogP contribution in [0.25, 0.3) is 0 Å². The van der Waals surface area contributed by atoms with E-state index in [1.54, 1.807) is 16.7 Å². The first kappa shape index (κ1) is 23.8. The van der Waals surface area contributed by atoms with Gasteiger partial charge < -0.3 is 16.0 Å². The van der Waals surface area contributed by atoms with E-state index in [1.165, 1.54) is 5.56 Å². The molecule has 152 valence electrons. The SMILES string of the molecule is CC(C)c1ccc(C(N)CNC(=O)C2CSCN2C(=O)C(C)(C)C)cc1.Cl. The number of benzene rings is 1. The Balaban J connectivity index is 0.00000364. The number of thioether (sulfide) groups is 1. The van der Waals surface area contributed by atoms with Crippen molar-refractivity contribution in [1.82, 2.24) is 10.2 Å². The van der Waals surface area contributed by atoms with Crippen LogP contribution in [0.15, 0.2) is 24.3 Å². The number of hydrogen-bond acceptors (Lipinski definition) is 4. The molecule has 1 aromatic rings. The van der Waals surface area contributed by atoms with Gasteiger partial charge in [0.1, 0.15) is 6.04 Å². The first-order valence-electron chi connectivity index (χ1n) is 9.13. The maximum absolute atomic E-state index is 12.6. The fraction of sp³-hybridized carbons (Fsp3) is 0.600. The van der Waals surface area contributed by atoms with Gasteiger partial charge in [-0.05, 0) is 17.0 Å². The monoisotopic (exact) mass is 413 g/mol. The normalized spacial score (nSPS) is 18.2. The van der Waals surface area contributed by atoms with Gasteiger partial charge in [-0.15, -0.1) is 24.2 Å². The first-order chi connectivity index (χ1) is 12.1. The molecule has 0 bridgehead atoms. The molecule has 1 fully saturated rings. The highest BCUT2D eigenvalue weighted by Crippen LogP contribution is 2.27. The van der Waals surface area contributed by atoms with Gasteiger partial charge in [-0.2, -0.15) is 0 Å². The van der Waals surface area contributed by atoms with Crippen LogP contribution in [0.5, 0.6) is 0 Å². The van der Waals surface area contributed by atoms with Crippen molar-refractivity contribution in [3.63, 3.8) is 0 Å². The topological polar surface area (TPSA) is 75.4 Å². The van der Waals surface area contributed by atoms with Crippen molar-refractivity contribution >= 4 is 36.0 Å². The fourth-order valence-electron chi connectivity index (χ4n) is 2.87. The molecule has 7 heteroatoms. The number of amides is 2. The van der Waals surface area contributed by atoms with Crippen LogP contribution in [0.1, 0.15) is 57.7 Å². The second-order valence-electron chi connectivity index (χ2n) is 8.21. The van der Waals surface area contributed by atoms with Crippen LogP contribution in [-0.4, -0.2) is 40.9 Å². The number of hydrogen-bond donors (Lipinski definition) is 2. The molecule has 1 heterocycles. The van der Waals surface area contributed by atoms with Crippen molar-refractivity contribution in [3.8, 4) is 0 Å². The Bertz CT molecular complexity index is 644. The van der Waals surface area contributed by atoms with Crippen LogP contribution < -0.4 is 11.1 Å². The van der Waals surface area contributed by atoms with Crippen molar-refractivity contribution in [2.24, 2.45) is 11.1 Å². The van der Waals surface area contributed by atoms with Gasteiger partial charge >= 0.3 is 0 Å². The van der Waals surface area contributed by atoms with Crippen LogP contribution in [0.3, 0.4) is 0 Å². The van der Waals surface area contributed by atoms with E-state index >= 15 is 0 Å². The van der Waals surface area contributed by atoms with Crippen molar-refractivity contribution < 1.29 is 9.59 Å². The highest BCUT2D eigenvalue weighted by atomic mass is 35.5. The quantitative estimate of drug-likeness (QED) is 0.776. The van der Waals surface area contributed by atoms with Crippen LogP contribution in [0.2, 0.25) is 0 Å². The Morgan fingerprint density at radius 2 is 1.78 bits per heavy atom. The number of carbonyl (C=O) groups excluding carboxylic acids is 2. The number of nitrogens with zero attached hydrogens (tertiary/aromatic N) is 1. The van der Waals surface area contributed by atoms with Crippen molar-refractivity contribution in [2.75, 3.05) is 18.2 Å². The minimum absolute atomic E-state index is 0. The molecule has 0 saturated carbocycles. The van der Waals surface area contributed by atoms with Gasteiger partial charge in [0, 0.05) is 23.8 Å². The predicted octanol–water partition coefficient (Wildman–Crippen LogP) is 3.30. The third kappa shape index (κ3) is 6.13. The van der Waals surface area contributed by atoms with E-state index in [4.69, 9.17) is 5.73 Å². The minimum Gasteiger partial charge on any atom is -0.352 e. The molecule has 2 atom stereocenters. The third-order valence-corrected chi connectivity index (χ3v) is 5.63. The summed E-state index contributed by atoms with van der Waals surface area (Å²) in [4.78, 5) is 26.8. The Hall–Kier alpha value is -1.24. The predicted molar refractivity (Wildman–Crippen MR) is 115 cm³/mol. The molecule has 0 radical (unpaired) electrons. The van der Waals surface area contributed by atoms with Gasteiger partial charge in [0.05, 0.1) is 5.88 Å². The molecule has 1 aliphatic rings. The molecule has 5 nitrogen and oxygen atoms in total. The summed E-state index contributed by atoms with van der Waals surface area (Å²) in [6.45, 7) is 10.3. The van der Waals surface area contributed by atoms with E-state index in [9.17, 15) is 9.59 Å². The highest BCUT2D eigenvalue weighted by molar-refractivity contribution is 7.99. The maximum Gasteiger partial charge on any atom is 0.243 e. The van der Waals surface area contributed by atoms with Gasteiger partial charge in [-0.3, -0.25) is 9.59 Å². The van der Waals surface area contributed by atoms with Gasteiger partial charge in [0.25, 0.3) is 0 Å². The molecule has 1 aliphatic heterocycles. The lowest BCUT2D eigenvalue weighted by molar-refractivity contribution is -0.144. The summed E-state index contributed by atoms with van der Waals surface area (Å²) in [7, 11) is 0. The standard InChI is InChI=1S/C20H31N3O2S.ClH/c1-13(2)14-6-8-15(9-7-14)16(21)10-22-18(24)17-11-26-12-23(17)19(25)20(3,4)5;/h6-9,13,16-17H,10-12,21H2,1-5H3,(H,22,24);1H. The van der Waals surface area contributed by atoms with Gasteiger partial charge in [0.15, 0.2) is 0 Å². The molecule has 27 heavy (non-hydrogen) atoms. The van der Waals surface area contributed by atoms with Gasteiger partial charge in [-0.25, -0.2) is 0 Å². The van der Waals surface area contributed by atoms with Gasteiger partial charge in [-0.1, -0.05) is 58.9 Å². The Labute approximate surface area is 173 Å². The van der Waals surface area contributed by atoms with E-state index in [1.807, 2.05) is 32.9 Å². The average molecular weight is 414 g/mol. The molecule has 1 aromatic carbocycles. The lowest BCUT2D eigenvalue weighted by Crippen LogP contribution is -2.51. The van der Waals surface area contributed by atoms with E-state index in [2.05, 4.69) is 31.3 Å². The smallest absolute Gasteiger partial charge is 0.243 e. The Morgan fingerprint density at radius 1 is 1.22 bits per heavy atom. The number of nitrogens with one attached hydrogen (secondary N) is 1. The van der Waals surface area contributed by atoms with E-state index in [-0.39, 0.29) is 30.3 Å². The molecule has 0 aliphatic carbocycles. The molecule has 2 rings (SSSR count). The molecule has 0 aromatic heterocycles. The molecule has 2 amide bonds. The number of carbonyl (C=O) groups is 2. The summed E-state index contributed by atoms with van der Waals surface area (Å²) in [5.74, 6) is 1.56. The highest BCUT2D eigenvalue weighted by Gasteiger charge is 2.38. The average Bonchev–Trinajstić information content (AvgIpc) is 3.07. The first-order valence-corrected chi connectivity index (χ1v) is 10.3. The largest absolute Gasteiger partial charge is 0.352 e. The van der Waals surface area contributed by atoms with Crippen LogP contribution in [0, 0.1) is 5.41 Å². The molecular formula is C20H32ClN3O2S. The van der Waals surface area contributed by atoms with Crippen LogP contribution >= 0.6 is 24.2 Å². The summed E-state index contributed by atoms with van der Waals surface area (Å²) in [6.07, 6.45) is 0. The summed E-state index contributed by atoms with van der Waals surface area (Å²) in [5.41, 5.74) is 8.01. The maximum atomic E-state index is 12.6. The minimum atomic E-state index is -0.488. The van der Waals surface area contributed by atoms with Crippen molar-refractivity contribution in [2.45, 2.75) is 52.6 Å². The zero-order valence-corrected chi connectivity index (χ0v) is 18.5. The second-order valence-corrected chi connectivity index (χ2v) is 9.21. The number of rotatable bonds is 5. The lowest BCUT2D eigenvalue weighted by Gasteiger charge is -2.29. The second kappa shape index (κ2) is 9.80. The summed E-state index contributed by atoms with van der Waals surface area (Å²) in [5, 5.41) is 2.93. The molecule has 0 spiro atoms. The van der Waals surface area contributed by atoms with Crippen LogP contribution in [-0.2, 0) is 9.59 Å². The van der Waals surface area contributed by atoms with Crippen molar-refractivity contribution in [3.05, 3.63) is 35.4 Å². The molecule has 2 unspecified atom stereocenters. The van der Waals surface area contributed by atoms with Gasteiger partial charge in [0.2, 0.25) is 11.8 Å². The summed E-state index contributed by atoms with van der Waals surface area (Å²) >= 11 is 1.61. The van der Waals surface area contributed by atoms with E-state index in [0.717, 1.165) is 5.56 Å². The number of halogens is 1. The van der Waals surface area contributed by atoms with Crippen LogP contribution in [0.4, 0.5) is 0 Å².